The number of benzene rings is 3. The molecule has 34 heavy (non-hydrogen) atoms. The van der Waals surface area contributed by atoms with Crippen LogP contribution in [0.1, 0.15) is 18.1 Å². The van der Waals surface area contributed by atoms with E-state index in [-0.39, 0.29) is 5.57 Å². The Morgan fingerprint density at radius 3 is 2.59 bits per heavy atom. The zero-order chi connectivity index (χ0) is 24.5. The Morgan fingerprint density at radius 2 is 1.91 bits per heavy atom. The van der Waals surface area contributed by atoms with Crippen molar-refractivity contribution in [1.29, 1.82) is 5.26 Å². The monoisotopic (exact) mass is 588 g/mol. The number of methoxy groups -OCH3 is 1. The van der Waals surface area contributed by atoms with Gasteiger partial charge >= 0.3 is 0 Å². The van der Waals surface area contributed by atoms with Gasteiger partial charge in [0.15, 0.2) is 11.5 Å². The highest BCUT2D eigenvalue weighted by Crippen LogP contribution is 2.35. The molecule has 0 aliphatic carbocycles. The van der Waals surface area contributed by atoms with E-state index in [4.69, 9.17) is 25.8 Å². The Balaban J connectivity index is 1.79. The number of hydrogen-bond donors (Lipinski definition) is 1. The van der Waals surface area contributed by atoms with Gasteiger partial charge in [0, 0.05) is 16.8 Å². The summed E-state index contributed by atoms with van der Waals surface area (Å²) in [6.07, 6.45) is 1.51. The third-order valence-electron chi connectivity index (χ3n) is 4.63. The molecule has 3 aromatic rings. The lowest BCUT2D eigenvalue weighted by Gasteiger charge is -2.14. The van der Waals surface area contributed by atoms with Crippen LogP contribution in [0.5, 0.6) is 17.2 Å². The molecule has 0 spiro atoms. The fourth-order valence-corrected chi connectivity index (χ4v) is 3.95. The number of amides is 1. The topological polar surface area (TPSA) is 80.6 Å². The van der Waals surface area contributed by atoms with Crippen LogP contribution in [0.25, 0.3) is 6.08 Å². The number of nitrogens with zero attached hydrogens (tertiary/aromatic N) is 1. The van der Waals surface area contributed by atoms with Crippen molar-refractivity contribution in [2.24, 2.45) is 0 Å². The minimum absolute atomic E-state index is 0.0468. The van der Waals surface area contributed by atoms with Crippen molar-refractivity contribution in [3.63, 3.8) is 0 Å². The van der Waals surface area contributed by atoms with E-state index >= 15 is 0 Å². The predicted molar refractivity (Wildman–Crippen MR) is 141 cm³/mol. The van der Waals surface area contributed by atoms with Gasteiger partial charge in [0.05, 0.1) is 17.3 Å². The maximum atomic E-state index is 12.7. The lowest BCUT2D eigenvalue weighted by molar-refractivity contribution is -0.112. The molecule has 0 radical (unpaired) electrons. The van der Waals surface area contributed by atoms with Gasteiger partial charge in [-0.1, -0.05) is 29.8 Å². The maximum absolute atomic E-state index is 12.7. The molecule has 0 aliphatic heterocycles. The number of nitriles is 1. The number of rotatable bonds is 9. The minimum atomic E-state index is -0.520. The minimum Gasteiger partial charge on any atom is -0.494 e. The number of carbonyl (C=O) groups excluding carboxylic acids is 1. The summed E-state index contributed by atoms with van der Waals surface area (Å²) in [5.74, 6) is 1.18. The Kier molecular flexibility index (Phi) is 9.19. The fourth-order valence-electron chi connectivity index (χ4n) is 3.04. The summed E-state index contributed by atoms with van der Waals surface area (Å²) >= 11 is 8.07. The summed E-state index contributed by atoms with van der Waals surface area (Å²) in [5, 5.41) is 13.0. The highest BCUT2D eigenvalue weighted by atomic mass is 127. The van der Waals surface area contributed by atoms with Crippen molar-refractivity contribution in [3.8, 4) is 23.3 Å². The van der Waals surface area contributed by atoms with Gasteiger partial charge < -0.3 is 19.5 Å². The third-order valence-corrected chi connectivity index (χ3v) is 5.68. The Hall–Kier alpha value is -3.22. The smallest absolute Gasteiger partial charge is 0.266 e. The summed E-state index contributed by atoms with van der Waals surface area (Å²) in [4.78, 5) is 12.7. The van der Waals surface area contributed by atoms with Gasteiger partial charge in [-0.3, -0.25) is 4.79 Å². The van der Waals surface area contributed by atoms with Crippen LogP contribution in [0.15, 0.2) is 66.2 Å². The van der Waals surface area contributed by atoms with Crippen LogP contribution in [-0.2, 0) is 11.4 Å². The largest absolute Gasteiger partial charge is 0.494 e. The quantitative estimate of drug-likeness (QED) is 0.176. The molecule has 0 saturated heterocycles. The Morgan fingerprint density at radius 1 is 1.15 bits per heavy atom. The summed E-state index contributed by atoms with van der Waals surface area (Å²) < 4.78 is 17.7. The molecular weight excluding hydrogens is 567 g/mol. The Labute approximate surface area is 217 Å². The molecule has 0 atom stereocenters. The van der Waals surface area contributed by atoms with Gasteiger partial charge in [0.1, 0.15) is 24.0 Å². The lowest BCUT2D eigenvalue weighted by Crippen LogP contribution is -2.13. The molecule has 174 valence electrons. The number of ether oxygens (including phenoxy) is 3. The van der Waals surface area contributed by atoms with Crippen LogP contribution in [0.3, 0.4) is 0 Å². The number of nitrogens with one attached hydrogen (secondary N) is 1. The van der Waals surface area contributed by atoms with Crippen LogP contribution in [0.2, 0.25) is 5.02 Å². The first-order chi connectivity index (χ1) is 16.4. The first-order valence-electron chi connectivity index (χ1n) is 10.3. The molecule has 8 heteroatoms. The molecular formula is C26H22ClIN2O4. The van der Waals surface area contributed by atoms with E-state index in [2.05, 4.69) is 27.9 Å². The van der Waals surface area contributed by atoms with E-state index in [1.54, 1.807) is 42.5 Å². The fraction of sp³-hybridized carbons (Fsp3) is 0.154. The maximum Gasteiger partial charge on any atom is 0.266 e. The van der Waals surface area contributed by atoms with E-state index in [0.29, 0.717) is 46.7 Å². The number of halogens is 2. The van der Waals surface area contributed by atoms with E-state index < -0.39 is 5.91 Å². The third kappa shape index (κ3) is 6.89. The molecule has 3 aromatic carbocycles. The highest BCUT2D eigenvalue weighted by Gasteiger charge is 2.14. The van der Waals surface area contributed by atoms with E-state index in [1.807, 2.05) is 31.2 Å². The van der Waals surface area contributed by atoms with Crippen molar-refractivity contribution >= 4 is 51.9 Å². The zero-order valence-electron chi connectivity index (χ0n) is 18.6. The molecule has 0 saturated carbocycles. The molecule has 1 amide bonds. The van der Waals surface area contributed by atoms with E-state index in [0.717, 1.165) is 9.13 Å². The van der Waals surface area contributed by atoms with Gasteiger partial charge in [-0.05, 0) is 83.1 Å². The zero-order valence-corrected chi connectivity index (χ0v) is 21.5. The molecule has 0 unspecified atom stereocenters. The Bertz CT molecular complexity index is 1240. The van der Waals surface area contributed by atoms with Gasteiger partial charge in [-0.2, -0.15) is 5.26 Å². The molecule has 0 fully saturated rings. The van der Waals surface area contributed by atoms with Crippen LogP contribution in [0.4, 0.5) is 5.69 Å². The second-order valence-corrected chi connectivity index (χ2v) is 8.63. The summed E-state index contributed by atoms with van der Waals surface area (Å²) in [6, 6.07) is 19.9. The number of carbonyl (C=O) groups is 1. The molecule has 0 heterocycles. The van der Waals surface area contributed by atoms with Crippen molar-refractivity contribution in [1.82, 2.24) is 0 Å². The molecule has 6 nitrogen and oxygen atoms in total. The van der Waals surface area contributed by atoms with Crippen LogP contribution in [-0.4, -0.2) is 19.6 Å². The van der Waals surface area contributed by atoms with Gasteiger partial charge in [-0.15, -0.1) is 0 Å². The molecule has 0 bridgehead atoms. The summed E-state index contributed by atoms with van der Waals surface area (Å²) in [6.45, 7) is 2.73. The molecule has 3 rings (SSSR count). The van der Waals surface area contributed by atoms with Gasteiger partial charge in [0.2, 0.25) is 0 Å². The number of anilines is 1. The van der Waals surface area contributed by atoms with Crippen molar-refractivity contribution in [3.05, 3.63) is 86.0 Å². The molecule has 0 aliphatic rings. The average Bonchev–Trinajstić information content (AvgIpc) is 2.83. The van der Waals surface area contributed by atoms with Crippen molar-refractivity contribution in [2.45, 2.75) is 13.5 Å². The highest BCUT2D eigenvalue weighted by molar-refractivity contribution is 14.1. The summed E-state index contributed by atoms with van der Waals surface area (Å²) in [7, 11) is 1.54. The standard InChI is InChI=1S/C26H22ClIN2O4/c1-3-33-22-6-4-5-21(14-22)30-26(31)19(15-29)11-18-12-23(28)25(24(13-18)32-2)34-16-17-7-9-20(27)10-8-17/h4-14H,3,16H2,1-2H3,(H,30,31)/b19-11-. The van der Waals surface area contributed by atoms with Crippen LogP contribution in [0, 0.1) is 14.9 Å². The predicted octanol–water partition coefficient (Wildman–Crippen LogP) is 6.48. The molecule has 1 N–H and O–H groups in total. The van der Waals surface area contributed by atoms with Gasteiger partial charge in [0.25, 0.3) is 5.91 Å². The van der Waals surface area contributed by atoms with Crippen LogP contribution < -0.4 is 19.5 Å². The lowest BCUT2D eigenvalue weighted by atomic mass is 10.1. The molecule has 0 aromatic heterocycles. The van der Waals surface area contributed by atoms with E-state index in [9.17, 15) is 10.1 Å². The van der Waals surface area contributed by atoms with E-state index in [1.165, 1.54) is 13.2 Å². The van der Waals surface area contributed by atoms with Crippen molar-refractivity contribution in [2.75, 3.05) is 19.0 Å². The number of hydrogen-bond acceptors (Lipinski definition) is 5. The normalized spacial score (nSPS) is 10.9. The van der Waals surface area contributed by atoms with Crippen LogP contribution >= 0.6 is 34.2 Å². The first kappa shape index (κ1) is 25.4. The SMILES string of the molecule is CCOc1cccc(NC(=O)/C(C#N)=C\c2cc(I)c(OCc3ccc(Cl)cc3)c(OC)c2)c1. The summed E-state index contributed by atoms with van der Waals surface area (Å²) in [5.41, 5.74) is 2.09. The second-order valence-electron chi connectivity index (χ2n) is 7.03. The average molecular weight is 589 g/mol. The van der Waals surface area contributed by atoms with Crippen molar-refractivity contribution < 1.29 is 19.0 Å². The first-order valence-corrected chi connectivity index (χ1v) is 11.8. The second kappa shape index (κ2) is 12.3. The van der Waals surface area contributed by atoms with Gasteiger partial charge in [-0.25, -0.2) is 0 Å².